The summed E-state index contributed by atoms with van der Waals surface area (Å²) in [4.78, 5) is 1.49. The average Bonchev–Trinajstić information content (AvgIpc) is 2.95. The van der Waals surface area contributed by atoms with Crippen LogP contribution in [0.3, 0.4) is 0 Å². The number of hydrogen-bond acceptors (Lipinski definition) is 2. The second kappa shape index (κ2) is 4.76. The summed E-state index contributed by atoms with van der Waals surface area (Å²) >= 11 is 2.02. The van der Waals surface area contributed by atoms with Gasteiger partial charge in [0.15, 0.2) is 0 Å². The van der Waals surface area contributed by atoms with Crippen molar-refractivity contribution in [1.82, 2.24) is 5.32 Å². The molecule has 2 fully saturated rings. The lowest BCUT2D eigenvalue weighted by molar-refractivity contribution is 0.0972. The van der Waals surface area contributed by atoms with Crippen LogP contribution in [-0.2, 0) is 0 Å². The molecule has 0 spiro atoms. The molecule has 1 heterocycles. The SMILES string of the molecule is CC1(C)C(NC2CCSc3ccccc32)[C@]2(C)CC[C@H]1C2. The first-order chi connectivity index (χ1) is 10.0. The van der Waals surface area contributed by atoms with E-state index < -0.39 is 0 Å². The van der Waals surface area contributed by atoms with Gasteiger partial charge in [-0.2, -0.15) is 0 Å². The van der Waals surface area contributed by atoms with Crippen molar-refractivity contribution >= 4 is 11.8 Å². The Morgan fingerprint density at radius 3 is 2.71 bits per heavy atom. The quantitative estimate of drug-likeness (QED) is 0.822. The molecule has 4 atom stereocenters. The minimum absolute atomic E-state index is 0.451. The second-order valence-corrected chi connectivity index (χ2v) is 9.38. The van der Waals surface area contributed by atoms with Crippen LogP contribution in [0.4, 0.5) is 0 Å². The van der Waals surface area contributed by atoms with Crippen molar-refractivity contribution in [2.45, 2.75) is 63.4 Å². The summed E-state index contributed by atoms with van der Waals surface area (Å²) in [5, 5.41) is 4.12. The molecule has 0 saturated heterocycles. The Hall–Kier alpha value is -0.470. The molecule has 2 bridgehead atoms. The predicted octanol–water partition coefficient (Wildman–Crippen LogP) is 5.03. The summed E-state index contributed by atoms with van der Waals surface area (Å²) in [6, 6.07) is 10.2. The third-order valence-corrected chi connectivity index (χ3v) is 7.72. The molecule has 1 N–H and O–H groups in total. The molecule has 4 rings (SSSR count). The van der Waals surface area contributed by atoms with Crippen molar-refractivity contribution in [3.63, 3.8) is 0 Å². The molecule has 0 radical (unpaired) electrons. The Morgan fingerprint density at radius 1 is 1.14 bits per heavy atom. The zero-order valence-corrected chi connectivity index (χ0v) is 14.3. The van der Waals surface area contributed by atoms with E-state index >= 15 is 0 Å². The van der Waals surface area contributed by atoms with Crippen molar-refractivity contribution in [3.8, 4) is 0 Å². The Bertz CT molecular complexity index is 547. The van der Waals surface area contributed by atoms with Gasteiger partial charge in [0.25, 0.3) is 0 Å². The number of thioether (sulfide) groups is 1. The average molecular weight is 301 g/mol. The van der Waals surface area contributed by atoms with Gasteiger partial charge in [0.2, 0.25) is 0 Å². The summed E-state index contributed by atoms with van der Waals surface area (Å²) in [6.45, 7) is 7.54. The maximum atomic E-state index is 4.12. The van der Waals surface area contributed by atoms with E-state index in [1.807, 2.05) is 11.8 Å². The third-order valence-electron chi connectivity index (χ3n) is 6.60. The summed E-state index contributed by atoms with van der Waals surface area (Å²) in [7, 11) is 0. The summed E-state index contributed by atoms with van der Waals surface area (Å²) < 4.78 is 0. The van der Waals surface area contributed by atoms with Crippen molar-refractivity contribution in [3.05, 3.63) is 29.8 Å². The Morgan fingerprint density at radius 2 is 1.95 bits per heavy atom. The van der Waals surface area contributed by atoms with Gasteiger partial charge in [0.05, 0.1) is 0 Å². The molecular weight excluding hydrogens is 274 g/mol. The normalized spacial score (nSPS) is 40.2. The summed E-state index contributed by atoms with van der Waals surface area (Å²) in [5.74, 6) is 2.18. The van der Waals surface area contributed by atoms with Gasteiger partial charge in [0, 0.05) is 17.0 Å². The van der Waals surface area contributed by atoms with Crippen LogP contribution in [0.5, 0.6) is 0 Å². The first-order valence-electron chi connectivity index (χ1n) is 8.48. The summed E-state index contributed by atoms with van der Waals surface area (Å²) in [5.41, 5.74) is 2.51. The van der Waals surface area contributed by atoms with E-state index in [1.54, 1.807) is 0 Å². The van der Waals surface area contributed by atoms with E-state index in [0.717, 1.165) is 5.92 Å². The fraction of sp³-hybridized carbons (Fsp3) is 0.684. The van der Waals surface area contributed by atoms with Crippen LogP contribution in [-0.4, -0.2) is 11.8 Å². The minimum atomic E-state index is 0.451. The molecule has 1 aromatic carbocycles. The van der Waals surface area contributed by atoms with Gasteiger partial charge in [-0.15, -0.1) is 11.8 Å². The largest absolute Gasteiger partial charge is 0.306 e. The number of rotatable bonds is 2. The highest BCUT2D eigenvalue weighted by molar-refractivity contribution is 7.99. The van der Waals surface area contributed by atoms with Crippen molar-refractivity contribution in [2.24, 2.45) is 16.7 Å². The van der Waals surface area contributed by atoms with E-state index in [0.29, 0.717) is 22.9 Å². The zero-order chi connectivity index (χ0) is 14.7. The molecule has 0 amide bonds. The van der Waals surface area contributed by atoms with Gasteiger partial charge < -0.3 is 5.32 Å². The van der Waals surface area contributed by atoms with E-state index in [2.05, 4.69) is 50.4 Å². The highest BCUT2D eigenvalue weighted by Gasteiger charge is 2.59. The van der Waals surface area contributed by atoms with Crippen molar-refractivity contribution in [1.29, 1.82) is 0 Å². The Labute approximate surface area is 133 Å². The standard InChI is InChI=1S/C19H27NS/c1-18(2)13-8-10-19(3,12-13)17(18)20-15-9-11-21-16-7-5-4-6-14(15)16/h4-7,13,15,17,20H,8-12H2,1-3H3/t13-,15?,17?,19+/m0/s1. The second-order valence-electron chi connectivity index (χ2n) is 8.24. The lowest BCUT2D eigenvalue weighted by Gasteiger charge is -2.45. The highest BCUT2D eigenvalue weighted by atomic mass is 32.2. The van der Waals surface area contributed by atoms with E-state index in [4.69, 9.17) is 0 Å². The van der Waals surface area contributed by atoms with Gasteiger partial charge in [0.1, 0.15) is 0 Å². The predicted molar refractivity (Wildman–Crippen MR) is 90.7 cm³/mol. The maximum Gasteiger partial charge on any atom is 0.0342 e. The smallest absolute Gasteiger partial charge is 0.0342 e. The molecule has 2 unspecified atom stereocenters. The van der Waals surface area contributed by atoms with Gasteiger partial charge in [-0.05, 0) is 59.8 Å². The van der Waals surface area contributed by atoms with Gasteiger partial charge in [-0.25, -0.2) is 0 Å². The van der Waals surface area contributed by atoms with Crippen LogP contribution in [0, 0.1) is 16.7 Å². The molecule has 1 aliphatic heterocycles. The van der Waals surface area contributed by atoms with Crippen LogP contribution >= 0.6 is 11.8 Å². The van der Waals surface area contributed by atoms with Crippen LogP contribution < -0.4 is 5.32 Å². The van der Waals surface area contributed by atoms with Crippen LogP contribution in [0.2, 0.25) is 0 Å². The molecular formula is C19H27NS. The van der Waals surface area contributed by atoms with Crippen LogP contribution in [0.1, 0.15) is 58.1 Å². The van der Waals surface area contributed by atoms with Gasteiger partial charge in [-0.3, -0.25) is 0 Å². The minimum Gasteiger partial charge on any atom is -0.306 e. The van der Waals surface area contributed by atoms with Crippen molar-refractivity contribution in [2.75, 3.05) is 5.75 Å². The van der Waals surface area contributed by atoms with E-state index in [1.165, 1.54) is 41.9 Å². The topological polar surface area (TPSA) is 12.0 Å². The monoisotopic (exact) mass is 301 g/mol. The fourth-order valence-electron chi connectivity index (χ4n) is 5.43. The molecule has 21 heavy (non-hydrogen) atoms. The lowest BCUT2D eigenvalue weighted by Crippen LogP contribution is -2.51. The lowest BCUT2D eigenvalue weighted by atomic mass is 9.68. The Kier molecular flexibility index (Phi) is 3.21. The van der Waals surface area contributed by atoms with Gasteiger partial charge in [-0.1, -0.05) is 39.0 Å². The number of benzene rings is 1. The molecule has 2 aliphatic carbocycles. The molecule has 1 aromatic rings. The molecule has 2 saturated carbocycles. The van der Waals surface area contributed by atoms with E-state index in [-0.39, 0.29) is 0 Å². The van der Waals surface area contributed by atoms with Gasteiger partial charge >= 0.3 is 0 Å². The number of nitrogens with one attached hydrogen (secondary N) is 1. The zero-order valence-electron chi connectivity index (χ0n) is 13.5. The van der Waals surface area contributed by atoms with E-state index in [9.17, 15) is 0 Å². The first-order valence-corrected chi connectivity index (χ1v) is 9.47. The molecule has 0 aromatic heterocycles. The number of fused-ring (bicyclic) bond motifs is 3. The molecule has 3 aliphatic rings. The molecule has 1 nitrogen and oxygen atoms in total. The number of hydrogen-bond donors (Lipinski definition) is 1. The summed E-state index contributed by atoms with van der Waals surface area (Å²) in [6.07, 6.45) is 5.57. The van der Waals surface area contributed by atoms with Crippen molar-refractivity contribution < 1.29 is 0 Å². The molecule has 114 valence electrons. The van der Waals surface area contributed by atoms with Crippen LogP contribution in [0.15, 0.2) is 29.2 Å². The maximum absolute atomic E-state index is 4.12. The Balaban J connectivity index is 1.62. The van der Waals surface area contributed by atoms with Crippen LogP contribution in [0.25, 0.3) is 0 Å². The molecule has 2 heteroatoms. The third kappa shape index (κ3) is 2.09. The first kappa shape index (κ1) is 14.1. The highest BCUT2D eigenvalue weighted by Crippen LogP contribution is 2.62. The fourth-order valence-corrected chi connectivity index (χ4v) is 6.56.